The number of aromatic nitrogens is 4. The smallest absolute Gasteiger partial charge is 0.270 e. The molecule has 4 aromatic rings. The highest BCUT2D eigenvalue weighted by molar-refractivity contribution is 6.08. The van der Waals surface area contributed by atoms with Crippen molar-refractivity contribution in [2.75, 3.05) is 19.8 Å². The van der Waals surface area contributed by atoms with Crippen molar-refractivity contribution in [1.82, 2.24) is 25.1 Å². The lowest BCUT2D eigenvalue weighted by Gasteiger charge is -2.10. The number of hydrogen-bond donors (Lipinski definition) is 1. The maximum absolute atomic E-state index is 6.04. The Kier molecular flexibility index (Phi) is 5.58. The van der Waals surface area contributed by atoms with Gasteiger partial charge in [0.15, 0.2) is 11.5 Å². The molecule has 0 fully saturated rings. The SMILES string of the molecule is [B]Cc1ccc(-c2nnc(-c3nc(-c4ccc(CN(C)C)cc4)cnc3N)o2)cc1. The fraction of sp³-hybridized carbons (Fsp3) is 0.182. The number of nitrogens with two attached hydrogens (primary N) is 1. The first-order valence-electron chi connectivity index (χ1n) is 9.53. The van der Waals surface area contributed by atoms with Crippen LogP contribution in [0.3, 0.4) is 0 Å². The fourth-order valence-corrected chi connectivity index (χ4v) is 3.06. The third kappa shape index (κ3) is 4.23. The molecule has 0 aliphatic carbocycles. The normalized spacial score (nSPS) is 11.2. The molecule has 8 heteroatoms. The topological polar surface area (TPSA) is 94.0 Å². The van der Waals surface area contributed by atoms with Crippen molar-refractivity contribution < 1.29 is 4.42 Å². The molecule has 2 radical (unpaired) electrons. The molecule has 2 aromatic heterocycles. The van der Waals surface area contributed by atoms with E-state index in [2.05, 4.69) is 37.2 Å². The maximum atomic E-state index is 6.04. The van der Waals surface area contributed by atoms with Gasteiger partial charge < -0.3 is 15.1 Å². The van der Waals surface area contributed by atoms with Crippen molar-refractivity contribution in [1.29, 1.82) is 0 Å². The predicted octanol–water partition coefficient (Wildman–Crippen LogP) is 3.17. The van der Waals surface area contributed by atoms with E-state index in [1.54, 1.807) is 6.20 Å². The molecule has 0 aliphatic heterocycles. The van der Waals surface area contributed by atoms with E-state index in [1.807, 2.05) is 50.5 Å². The minimum atomic E-state index is 0.226. The van der Waals surface area contributed by atoms with Crippen LogP contribution in [0.25, 0.3) is 34.3 Å². The van der Waals surface area contributed by atoms with E-state index >= 15 is 0 Å². The molecule has 0 aliphatic rings. The summed E-state index contributed by atoms with van der Waals surface area (Å²) in [6.45, 7) is 0.871. The van der Waals surface area contributed by atoms with Crippen LogP contribution in [0.1, 0.15) is 11.1 Å². The highest BCUT2D eigenvalue weighted by Gasteiger charge is 2.17. The van der Waals surface area contributed by atoms with Gasteiger partial charge in [-0.1, -0.05) is 48.3 Å². The summed E-state index contributed by atoms with van der Waals surface area (Å²) < 4.78 is 5.82. The Morgan fingerprint density at radius 3 is 2.20 bits per heavy atom. The standard InChI is InChI=1S/C22H21BN6O/c1-29(2)13-15-5-7-16(8-6-15)18-12-25-20(24)19(26-18)22-28-27-21(30-22)17-9-3-14(11-23)4-10-17/h3-10,12H,11,13H2,1-2H3,(H2,24,25). The molecule has 7 nitrogen and oxygen atoms in total. The summed E-state index contributed by atoms with van der Waals surface area (Å²) in [5.41, 5.74) is 11.1. The van der Waals surface area contributed by atoms with Crippen LogP contribution in [0.4, 0.5) is 5.82 Å². The highest BCUT2D eigenvalue weighted by atomic mass is 16.4. The number of nitrogens with zero attached hydrogens (tertiary/aromatic N) is 5. The summed E-state index contributed by atoms with van der Waals surface area (Å²) >= 11 is 0. The van der Waals surface area contributed by atoms with Crippen LogP contribution < -0.4 is 5.73 Å². The van der Waals surface area contributed by atoms with Gasteiger partial charge in [0.1, 0.15) is 0 Å². The third-order valence-corrected chi connectivity index (χ3v) is 4.61. The largest absolute Gasteiger partial charge is 0.414 e. The number of rotatable bonds is 6. The van der Waals surface area contributed by atoms with Gasteiger partial charge in [-0.15, -0.1) is 10.2 Å². The van der Waals surface area contributed by atoms with Crippen molar-refractivity contribution in [3.63, 3.8) is 0 Å². The van der Waals surface area contributed by atoms with E-state index < -0.39 is 0 Å². The minimum Gasteiger partial charge on any atom is -0.414 e. The van der Waals surface area contributed by atoms with Crippen molar-refractivity contribution in [3.05, 3.63) is 65.9 Å². The van der Waals surface area contributed by atoms with Crippen LogP contribution in [-0.2, 0) is 12.9 Å². The monoisotopic (exact) mass is 396 g/mol. The van der Waals surface area contributed by atoms with E-state index in [9.17, 15) is 0 Å². The fourth-order valence-electron chi connectivity index (χ4n) is 3.06. The zero-order valence-electron chi connectivity index (χ0n) is 16.9. The summed E-state index contributed by atoms with van der Waals surface area (Å²) in [6.07, 6.45) is 2.12. The Balaban J connectivity index is 1.63. The second-order valence-corrected chi connectivity index (χ2v) is 7.24. The summed E-state index contributed by atoms with van der Waals surface area (Å²) in [6, 6.07) is 15.8. The Labute approximate surface area is 176 Å². The predicted molar refractivity (Wildman–Crippen MR) is 117 cm³/mol. The Morgan fingerprint density at radius 1 is 0.900 bits per heavy atom. The highest BCUT2D eigenvalue weighted by Crippen LogP contribution is 2.28. The van der Waals surface area contributed by atoms with Crippen molar-refractivity contribution >= 4 is 13.7 Å². The molecule has 0 amide bonds. The van der Waals surface area contributed by atoms with E-state index in [0.717, 1.165) is 23.2 Å². The average molecular weight is 396 g/mol. The number of nitrogen functional groups attached to an aromatic ring is 1. The van der Waals surface area contributed by atoms with Crippen LogP contribution >= 0.6 is 0 Å². The van der Waals surface area contributed by atoms with Crippen molar-refractivity contribution in [2.24, 2.45) is 0 Å². The molecule has 0 spiro atoms. The lowest BCUT2D eigenvalue weighted by atomic mass is 9.96. The van der Waals surface area contributed by atoms with E-state index in [-0.39, 0.29) is 11.7 Å². The Bertz CT molecular complexity index is 1140. The molecule has 0 atom stereocenters. The van der Waals surface area contributed by atoms with Crippen LogP contribution in [0.2, 0.25) is 0 Å². The van der Waals surface area contributed by atoms with Gasteiger partial charge in [0, 0.05) is 17.7 Å². The third-order valence-electron chi connectivity index (χ3n) is 4.61. The molecule has 148 valence electrons. The van der Waals surface area contributed by atoms with Gasteiger partial charge in [-0.05, 0) is 31.8 Å². The summed E-state index contributed by atoms with van der Waals surface area (Å²) in [5.74, 6) is 0.842. The van der Waals surface area contributed by atoms with Gasteiger partial charge in [-0.2, -0.15) is 0 Å². The molecule has 0 saturated heterocycles. The van der Waals surface area contributed by atoms with E-state index in [4.69, 9.17) is 18.0 Å². The quantitative estimate of drug-likeness (QED) is 0.500. The maximum Gasteiger partial charge on any atom is 0.270 e. The molecule has 2 aromatic carbocycles. The number of benzene rings is 2. The van der Waals surface area contributed by atoms with Gasteiger partial charge in [0.05, 0.1) is 19.7 Å². The summed E-state index contributed by atoms with van der Waals surface area (Å²) in [4.78, 5) is 11.0. The first-order valence-corrected chi connectivity index (χ1v) is 9.53. The molecule has 4 rings (SSSR count). The van der Waals surface area contributed by atoms with Gasteiger partial charge >= 0.3 is 0 Å². The Hall–Kier alpha value is -3.52. The second-order valence-electron chi connectivity index (χ2n) is 7.24. The molecule has 0 unspecified atom stereocenters. The van der Waals surface area contributed by atoms with Crippen molar-refractivity contribution in [3.8, 4) is 34.3 Å². The van der Waals surface area contributed by atoms with E-state index in [0.29, 0.717) is 23.6 Å². The summed E-state index contributed by atoms with van der Waals surface area (Å²) in [7, 11) is 9.72. The zero-order valence-corrected chi connectivity index (χ0v) is 16.9. The Morgan fingerprint density at radius 2 is 1.53 bits per heavy atom. The van der Waals surface area contributed by atoms with Crippen molar-refractivity contribution in [2.45, 2.75) is 12.9 Å². The molecule has 2 heterocycles. The second kappa shape index (κ2) is 8.46. The van der Waals surface area contributed by atoms with Crippen LogP contribution in [0, 0.1) is 0 Å². The lowest BCUT2D eigenvalue weighted by molar-refractivity contribution is 0.402. The number of hydrogen-bond acceptors (Lipinski definition) is 7. The molecule has 0 bridgehead atoms. The molecule has 0 saturated carbocycles. The molecular weight excluding hydrogens is 375 g/mol. The summed E-state index contributed by atoms with van der Waals surface area (Å²) in [5, 5.41) is 8.24. The van der Waals surface area contributed by atoms with Crippen LogP contribution in [0.5, 0.6) is 0 Å². The average Bonchev–Trinajstić information content (AvgIpc) is 3.24. The van der Waals surface area contributed by atoms with Gasteiger partial charge in [-0.25, -0.2) is 9.97 Å². The first-order chi connectivity index (χ1) is 14.5. The van der Waals surface area contributed by atoms with Gasteiger partial charge in [-0.3, -0.25) is 0 Å². The molecule has 2 N–H and O–H groups in total. The van der Waals surface area contributed by atoms with E-state index in [1.165, 1.54) is 5.56 Å². The minimum absolute atomic E-state index is 0.226. The van der Waals surface area contributed by atoms with Gasteiger partial charge in [0.2, 0.25) is 5.89 Å². The number of anilines is 1. The molecule has 30 heavy (non-hydrogen) atoms. The van der Waals surface area contributed by atoms with Gasteiger partial charge in [0.25, 0.3) is 5.89 Å². The first kappa shape index (κ1) is 19.8. The zero-order chi connectivity index (χ0) is 21.1. The molecular formula is C22H21BN6O. The van der Waals surface area contributed by atoms with Crippen LogP contribution in [-0.4, -0.2) is 47.0 Å². The lowest BCUT2D eigenvalue weighted by Crippen LogP contribution is -2.10. The van der Waals surface area contributed by atoms with Crippen LogP contribution in [0.15, 0.2) is 59.1 Å².